The molecule has 0 heteroatoms. The fourth-order valence-electron chi connectivity index (χ4n) is 9.23. The van der Waals surface area contributed by atoms with Gasteiger partial charge < -0.3 is 0 Å². The Morgan fingerprint density at radius 2 is 1.07 bits per heavy atom. The van der Waals surface area contributed by atoms with Crippen LogP contribution in [0.3, 0.4) is 0 Å². The summed E-state index contributed by atoms with van der Waals surface area (Å²) in [6.45, 7) is 13.2. The van der Waals surface area contributed by atoms with E-state index in [4.69, 9.17) is 0 Å². The van der Waals surface area contributed by atoms with Gasteiger partial charge in [0.2, 0.25) is 0 Å². The van der Waals surface area contributed by atoms with Crippen LogP contribution in [0, 0.1) is 65.1 Å². The molecule has 4 rings (SSSR count). The van der Waals surface area contributed by atoms with Crippen LogP contribution in [0.5, 0.6) is 0 Å². The highest BCUT2D eigenvalue weighted by Crippen LogP contribution is 2.57. The Hall–Kier alpha value is 0. The van der Waals surface area contributed by atoms with E-state index >= 15 is 0 Å². The van der Waals surface area contributed by atoms with Gasteiger partial charge in [-0.05, 0) is 84.4 Å². The first-order valence-corrected chi connectivity index (χ1v) is 13.0. The number of hydrogen-bond acceptors (Lipinski definition) is 0. The zero-order valence-electron chi connectivity index (χ0n) is 19.1. The van der Waals surface area contributed by atoms with Crippen LogP contribution in [-0.4, -0.2) is 0 Å². The lowest BCUT2D eigenvalue weighted by molar-refractivity contribution is -0.0683. The molecule has 0 aliphatic heterocycles. The molecule has 0 saturated heterocycles. The smallest absolute Gasteiger partial charge is 0.0326 e. The van der Waals surface area contributed by atoms with E-state index in [-0.39, 0.29) is 0 Å². The quantitative estimate of drug-likeness (QED) is 0.458. The molecular formula is C27H48. The van der Waals surface area contributed by atoms with Gasteiger partial charge in [0.05, 0.1) is 0 Å². The third-order valence-electron chi connectivity index (χ3n) is 10.7. The highest BCUT2D eigenvalue weighted by Gasteiger charge is 2.50. The van der Waals surface area contributed by atoms with Gasteiger partial charge in [-0.2, -0.15) is 0 Å². The summed E-state index contributed by atoms with van der Waals surface area (Å²) >= 11 is 0. The van der Waals surface area contributed by atoms with Gasteiger partial charge in [0.15, 0.2) is 0 Å². The summed E-state index contributed by atoms with van der Waals surface area (Å²) in [5.41, 5.74) is 0. The molecule has 4 aliphatic rings. The SMILES string of the molecule is CC1CC(C2CCCC3CCCC(C)C32)C(C)C(C2CCCCC2C)C1C. The normalized spacial score (nSPS) is 54.3. The van der Waals surface area contributed by atoms with Crippen LogP contribution in [-0.2, 0) is 0 Å². The second-order valence-corrected chi connectivity index (χ2v) is 11.9. The van der Waals surface area contributed by atoms with Crippen LogP contribution in [0.4, 0.5) is 0 Å². The Balaban J connectivity index is 1.58. The van der Waals surface area contributed by atoms with Crippen LogP contribution in [0.25, 0.3) is 0 Å². The number of fused-ring (bicyclic) bond motifs is 1. The van der Waals surface area contributed by atoms with Gasteiger partial charge in [-0.1, -0.05) is 86.0 Å². The Kier molecular flexibility index (Phi) is 6.30. The zero-order chi connectivity index (χ0) is 19.1. The lowest BCUT2D eigenvalue weighted by Gasteiger charge is -2.56. The fourth-order valence-corrected chi connectivity index (χ4v) is 9.23. The van der Waals surface area contributed by atoms with Crippen LogP contribution in [0.1, 0.15) is 105 Å². The first-order chi connectivity index (χ1) is 13.0. The Morgan fingerprint density at radius 3 is 1.81 bits per heavy atom. The average molecular weight is 373 g/mol. The largest absolute Gasteiger partial charge is 0.0622 e. The molecule has 0 aromatic heterocycles. The maximum atomic E-state index is 2.72. The van der Waals surface area contributed by atoms with Gasteiger partial charge in [-0.3, -0.25) is 0 Å². The van der Waals surface area contributed by atoms with Crippen LogP contribution in [0.2, 0.25) is 0 Å². The van der Waals surface area contributed by atoms with Crippen LogP contribution < -0.4 is 0 Å². The third kappa shape index (κ3) is 3.77. The summed E-state index contributed by atoms with van der Waals surface area (Å²) in [6, 6.07) is 0. The Labute approximate surface area is 170 Å². The van der Waals surface area contributed by atoms with Crippen molar-refractivity contribution in [3.05, 3.63) is 0 Å². The van der Waals surface area contributed by atoms with Crippen molar-refractivity contribution in [3.8, 4) is 0 Å². The maximum Gasteiger partial charge on any atom is -0.0326 e. The molecule has 0 bridgehead atoms. The van der Waals surface area contributed by atoms with Crippen molar-refractivity contribution < 1.29 is 0 Å². The van der Waals surface area contributed by atoms with Crippen molar-refractivity contribution in [2.45, 2.75) is 105 Å². The second-order valence-electron chi connectivity index (χ2n) is 11.9. The summed E-state index contributed by atoms with van der Waals surface area (Å²) in [5, 5.41) is 0. The van der Waals surface area contributed by atoms with E-state index in [2.05, 4.69) is 34.6 Å². The third-order valence-corrected chi connectivity index (χ3v) is 10.7. The standard InChI is InChI=1S/C27H48/c1-17-10-6-7-14-23(17)27-20(4)19(3)16-25(21(27)5)24-15-9-13-22-12-8-11-18(2)26(22)24/h17-27H,6-16H2,1-5H3. The predicted octanol–water partition coefficient (Wildman–Crippen LogP) is 8.21. The first-order valence-electron chi connectivity index (χ1n) is 13.0. The molecule has 0 heterocycles. The minimum atomic E-state index is 0.949. The van der Waals surface area contributed by atoms with Gasteiger partial charge in [-0.15, -0.1) is 0 Å². The van der Waals surface area contributed by atoms with Gasteiger partial charge in [0.25, 0.3) is 0 Å². The van der Waals surface area contributed by atoms with E-state index < -0.39 is 0 Å². The molecule has 0 N–H and O–H groups in total. The Bertz CT molecular complexity index is 478. The molecule has 0 amide bonds. The summed E-state index contributed by atoms with van der Waals surface area (Å²) in [6.07, 6.45) is 16.8. The Morgan fingerprint density at radius 1 is 0.444 bits per heavy atom. The van der Waals surface area contributed by atoms with Gasteiger partial charge in [0.1, 0.15) is 0 Å². The summed E-state index contributed by atoms with van der Waals surface area (Å²) in [5.74, 6) is 11.1. The second kappa shape index (κ2) is 8.39. The minimum Gasteiger partial charge on any atom is -0.0622 e. The van der Waals surface area contributed by atoms with E-state index in [1.165, 1.54) is 44.9 Å². The topological polar surface area (TPSA) is 0 Å². The highest BCUT2D eigenvalue weighted by atomic mass is 14.5. The van der Waals surface area contributed by atoms with Crippen molar-refractivity contribution in [3.63, 3.8) is 0 Å². The molecule has 0 nitrogen and oxygen atoms in total. The molecule has 0 aromatic carbocycles. The van der Waals surface area contributed by atoms with Crippen molar-refractivity contribution in [2.24, 2.45) is 65.1 Å². The van der Waals surface area contributed by atoms with Crippen molar-refractivity contribution in [2.75, 3.05) is 0 Å². The lowest BCUT2D eigenvalue weighted by Crippen LogP contribution is -2.49. The molecule has 4 fully saturated rings. The lowest BCUT2D eigenvalue weighted by atomic mass is 9.49. The first kappa shape index (κ1) is 20.3. The fraction of sp³-hybridized carbons (Fsp3) is 1.00. The van der Waals surface area contributed by atoms with Crippen molar-refractivity contribution >= 4 is 0 Å². The molecule has 0 aromatic rings. The molecule has 11 atom stereocenters. The molecule has 4 saturated carbocycles. The average Bonchev–Trinajstić information content (AvgIpc) is 2.66. The van der Waals surface area contributed by atoms with E-state index in [1.807, 2.05) is 0 Å². The van der Waals surface area contributed by atoms with E-state index in [9.17, 15) is 0 Å². The molecule has 4 aliphatic carbocycles. The number of rotatable bonds is 2. The predicted molar refractivity (Wildman–Crippen MR) is 118 cm³/mol. The van der Waals surface area contributed by atoms with Crippen LogP contribution in [0.15, 0.2) is 0 Å². The summed E-state index contributed by atoms with van der Waals surface area (Å²) in [4.78, 5) is 0. The highest BCUT2D eigenvalue weighted by molar-refractivity contribution is 4.99. The molecule has 27 heavy (non-hydrogen) atoms. The van der Waals surface area contributed by atoms with E-state index in [0.29, 0.717) is 0 Å². The zero-order valence-corrected chi connectivity index (χ0v) is 19.1. The van der Waals surface area contributed by atoms with Gasteiger partial charge >= 0.3 is 0 Å². The van der Waals surface area contributed by atoms with Crippen molar-refractivity contribution in [1.29, 1.82) is 0 Å². The van der Waals surface area contributed by atoms with E-state index in [1.54, 1.807) is 25.7 Å². The molecule has 11 unspecified atom stereocenters. The van der Waals surface area contributed by atoms with Crippen molar-refractivity contribution in [1.82, 2.24) is 0 Å². The maximum absolute atomic E-state index is 2.72. The molecular weight excluding hydrogens is 324 g/mol. The monoisotopic (exact) mass is 372 g/mol. The summed E-state index contributed by atoms with van der Waals surface area (Å²) < 4.78 is 0. The number of hydrogen-bond donors (Lipinski definition) is 0. The molecule has 156 valence electrons. The van der Waals surface area contributed by atoms with Crippen LogP contribution >= 0.6 is 0 Å². The molecule has 0 radical (unpaired) electrons. The minimum absolute atomic E-state index is 0.949. The van der Waals surface area contributed by atoms with E-state index in [0.717, 1.165) is 65.1 Å². The van der Waals surface area contributed by atoms with Gasteiger partial charge in [-0.25, -0.2) is 0 Å². The summed E-state index contributed by atoms with van der Waals surface area (Å²) in [7, 11) is 0. The van der Waals surface area contributed by atoms with Gasteiger partial charge in [0, 0.05) is 0 Å². The molecule has 0 spiro atoms.